The van der Waals surface area contributed by atoms with Crippen LogP contribution in [0.2, 0.25) is 0 Å². The summed E-state index contributed by atoms with van der Waals surface area (Å²) in [6.45, 7) is 3.56. The van der Waals surface area contributed by atoms with E-state index in [0.29, 0.717) is 0 Å². The minimum absolute atomic E-state index is 0.00810. The number of carbonyl (C=O) groups is 1. The zero-order valence-corrected chi connectivity index (χ0v) is 7.53. The van der Waals surface area contributed by atoms with Crippen LogP contribution in [-0.4, -0.2) is 17.0 Å². The minimum atomic E-state index is -2.83. The van der Waals surface area contributed by atoms with Crippen molar-refractivity contribution in [3.63, 3.8) is 0 Å². The summed E-state index contributed by atoms with van der Waals surface area (Å²) in [6.07, 6.45) is -0.220. The van der Waals surface area contributed by atoms with E-state index in [-0.39, 0.29) is 12.8 Å². The summed E-state index contributed by atoms with van der Waals surface area (Å²) in [5.41, 5.74) is -1.24. The van der Waals surface area contributed by atoms with Gasteiger partial charge in [0.25, 0.3) is 0 Å². The first kappa shape index (κ1) is 11.3. The summed E-state index contributed by atoms with van der Waals surface area (Å²) in [7, 11) is 0. The summed E-state index contributed by atoms with van der Waals surface area (Å²) < 4.78 is 25.5. The van der Waals surface area contributed by atoms with Crippen LogP contribution < -0.4 is 0 Å². The second-order valence-corrected chi connectivity index (χ2v) is 3.67. The standard InChI is InChI=1S/C8H14F2O2/c1-7(2,8(3,9)10)5-4-6(11)12/h4-5H2,1-3H3,(H,11,12). The molecule has 0 aromatic carbocycles. The third kappa shape index (κ3) is 3.15. The number of hydrogen-bond donors (Lipinski definition) is 1. The molecule has 0 aromatic heterocycles. The van der Waals surface area contributed by atoms with Gasteiger partial charge in [-0.2, -0.15) is 0 Å². The van der Waals surface area contributed by atoms with Gasteiger partial charge in [0, 0.05) is 11.8 Å². The average Bonchev–Trinajstić information content (AvgIpc) is 1.81. The Morgan fingerprint density at radius 3 is 2.00 bits per heavy atom. The van der Waals surface area contributed by atoms with Crippen LogP contribution in [-0.2, 0) is 4.79 Å². The van der Waals surface area contributed by atoms with Crippen LogP contribution >= 0.6 is 0 Å². The molecule has 0 aliphatic rings. The summed E-state index contributed by atoms with van der Waals surface area (Å²) >= 11 is 0. The Labute approximate surface area is 70.6 Å². The van der Waals surface area contributed by atoms with Crippen LogP contribution in [0.4, 0.5) is 8.78 Å². The molecule has 0 rings (SSSR count). The van der Waals surface area contributed by atoms with Gasteiger partial charge in [0.2, 0.25) is 5.92 Å². The highest BCUT2D eigenvalue weighted by Crippen LogP contribution is 2.39. The van der Waals surface area contributed by atoms with Gasteiger partial charge in [0.1, 0.15) is 0 Å². The van der Waals surface area contributed by atoms with Gasteiger partial charge in [-0.25, -0.2) is 8.78 Å². The highest BCUT2D eigenvalue weighted by Gasteiger charge is 2.41. The molecule has 0 heterocycles. The van der Waals surface area contributed by atoms with Crippen molar-refractivity contribution in [2.24, 2.45) is 5.41 Å². The molecule has 0 atom stereocenters. The van der Waals surface area contributed by atoms with Gasteiger partial charge in [-0.05, 0) is 13.3 Å². The fraction of sp³-hybridized carbons (Fsp3) is 0.875. The van der Waals surface area contributed by atoms with Crippen molar-refractivity contribution in [3.8, 4) is 0 Å². The maximum Gasteiger partial charge on any atom is 0.303 e. The lowest BCUT2D eigenvalue weighted by molar-refractivity contribution is -0.140. The first-order chi connectivity index (χ1) is 5.17. The molecular formula is C8H14F2O2. The highest BCUT2D eigenvalue weighted by molar-refractivity contribution is 5.66. The Kier molecular flexibility index (Phi) is 3.18. The quantitative estimate of drug-likeness (QED) is 0.721. The summed E-state index contributed by atoms with van der Waals surface area (Å²) in [5.74, 6) is -3.87. The molecule has 0 saturated carbocycles. The van der Waals surface area contributed by atoms with Gasteiger partial charge >= 0.3 is 5.97 Å². The van der Waals surface area contributed by atoms with Crippen molar-refractivity contribution in [2.75, 3.05) is 0 Å². The van der Waals surface area contributed by atoms with Crippen LogP contribution in [0.5, 0.6) is 0 Å². The van der Waals surface area contributed by atoms with Crippen molar-refractivity contribution in [3.05, 3.63) is 0 Å². The Balaban J connectivity index is 4.14. The predicted molar refractivity (Wildman–Crippen MR) is 41.3 cm³/mol. The van der Waals surface area contributed by atoms with E-state index < -0.39 is 17.3 Å². The molecule has 0 radical (unpaired) electrons. The van der Waals surface area contributed by atoms with Crippen LogP contribution in [0, 0.1) is 5.41 Å². The van der Waals surface area contributed by atoms with Crippen molar-refractivity contribution < 1.29 is 18.7 Å². The molecule has 0 aliphatic carbocycles. The first-order valence-electron chi connectivity index (χ1n) is 3.76. The second kappa shape index (κ2) is 3.37. The lowest BCUT2D eigenvalue weighted by atomic mass is 9.82. The molecule has 0 saturated heterocycles. The van der Waals surface area contributed by atoms with E-state index in [1.165, 1.54) is 13.8 Å². The van der Waals surface area contributed by atoms with E-state index in [0.717, 1.165) is 6.92 Å². The Morgan fingerprint density at radius 2 is 1.75 bits per heavy atom. The zero-order chi connectivity index (χ0) is 9.99. The zero-order valence-electron chi connectivity index (χ0n) is 7.53. The minimum Gasteiger partial charge on any atom is -0.481 e. The van der Waals surface area contributed by atoms with Gasteiger partial charge in [-0.1, -0.05) is 13.8 Å². The van der Waals surface area contributed by atoms with Crippen molar-refractivity contribution in [2.45, 2.75) is 39.5 Å². The van der Waals surface area contributed by atoms with E-state index in [2.05, 4.69) is 0 Å². The number of carboxylic acid groups (broad SMARTS) is 1. The van der Waals surface area contributed by atoms with E-state index in [1.807, 2.05) is 0 Å². The van der Waals surface area contributed by atoms with Crippen LogP contribution in [0.1, 0.15) is 33.6 Å². The van der Waals surface area contributed by atoms with E-state index in [1.54, 1.807) is 0 Å². The van der Waals surface area contributed by atoms with Crippen molar-refractivity contribution in [1.82, 2.24) is 0 Å². The summed E-state index contributed by atoms with van der Waals surface area (Å²) in [4.78, 5) is 10.1. The molecule has 12 heavy (non-hydrogen) atoms. The molecule has 4 heteroatoms. The van der Waals surface area contributed by atoms with Gasteiger partial charge in [-0.15, -0.1) is 0 Å². The molecule has 0 spiro atoms. The molecule has 1 N–H and O–H groups in total. The summed E-state index contributed by atoms with van der Waals surface area (Å²) in [6, 6.07) is 0. The third-order valence-corrected chi connectivity index (χ3v) is 2.15. The van der Waals surface area contributed by atoms with Crippen molar-refractivity contribution >= 4 is 5.97 Å². The maximum atomic E-state index is 12.8. The molecule has 0 aliphatic heterocycles. The van der Waals surface area contributed by atoms with E-state index >= 15 is 0 Å². The molecular weight excluding hydrogens is 166 g/mol. The number of halogens is 2. The largest absolute Gasteiger partial charge is 0.481 e. The summed E-state index contributed by atoms with van der Waals surface area (Å²) in [5, 5.41) is 8.30. The average molecular weight is 180 g/mol. The smallest absolute Gasteiger partial charge is 0.303 e. The second-order valence-electron chi connectivity index (χ2n) is 3.67. The maximum absolute atomic E-state index is 12.8. The van der Waals surface area contributed by atoms with Gasteiger partial charge in [-0.3, -0.25) is 4.79 Å². The van der Waals surface area contributed by atoms with Crippen LogP contribution in [0.3, 0.4) is 0 Å². The number of alkyl halides is 2. The Hall–Kier alpha value is -0.670. The molecule has 0 unspecified atom stereocenters. The normalized spacial score (nSPS) is 13.1. The lowest BCUT2D eigenvalue weighted by Gasteiger charge is -2.30. The van der Waals surface area contributed by atoms with Gasteiger partial charge in [0.15, 0.2) is 0 Å². The van der Waals surface area contributed by atoms with Gasteiger partial charge < -0.3 is 5.11 Å². The number of aliphatic carboxylic acids is 1. The molecule has 0 bridgehead atoms. The predicted octanol–water partition coefficient (Wildman–Crippen LogP) is 2.53. The number of hydrogen-bond acceptors (Lipinski definition) is 1. The van der Waals surface area contributed by atoms with E-state index in [9.17, 15) is 13.6 Å². The topological polar surface area (TPSA) is 37.3 Å². The molecule has 2 nitrogen and oxygen atoms in total. The van der Waals surface area contributed by atoms with Crippen molar-refractivity contribution in [1.29, 1.82) is 0 Å². The highest BCUT2D eigenvalue weighted by atomic mass is 19.3. The molecule has 0 aromatic rings. The lowest BCUT2D eigenvalue weighted by Crippen LogP contribution is -2.33. The first-order valence-corrected chi connectivity index (χ1v) is 3.76. The molecule has 0 fully saturated rings. The molecule has 72 valence electrons. The third-order valence-electron chi connectivity index (χ3n) is 2.15. The van der Waals surface area contributed by atoms with Crippen LogP contribution in [0.25, 0.3) is 0 Å². The number of rotatable bonds is 4. The number of carboxylic acids is 1. The van der Waals surface area contributed by atoms with E-state index in [4.69, 9.17) is 5.11 Å². The monoisotopic (exact) mass is 180 g/mol. The Morgan fingerprint density at radius 1 is 1.33 bits per heavy atom. The fourth-order valence-electron chi connectivity index (χ4n) is 0.639. The SMILES string of the molecule is CC(F)(F)C(C)(C)CCC(=O)O. The van der Waals surface area contributed by atoms with Crippen LogP contribution in [0.15, 0.2) is 0 Å². The van der Waals surface area contributed by atoms with Gasteiger partial charge in [0.05, 0.1) is 0 Å². The Bertz CT molecular complexity index is 170. The fourth-order valence-corrected chi connectivity index (χ4v) is 0.639. The molecule has 0 amide bonds.